The molecule has 2 N–H and O–H groups in total. The van der Waals surface area contributed by atoms with E-state index in [1.165, 1.54) is 0 Å². The van der Waals surface area contributed by atoms with Crippen molar-refractivity contribution in [2.45, 2.75) is 65.1 Å². The summed E-state index contributed by atoms with van der Waals surface area (Å²) in [5.41, 5.74) is 4.04. The normalized spacial score (nSPS) is 12.1. The van der Waals surface area contributed by atoms with Crippen molar-refractivity contribution in [1.82, 2.24) is 0 Å². The lowest BCUT2D eigenvalue weighted by atomic mass is 9.93. The van der Waals surface area contributed by atoms with Crippen molar-refractivity contribution < 1.29 is 19.1 Å². The fraction of sp³-hybridized carbons (Fsp3) is 0.846. The van der Waals surface area contributed by atoms with Crippen LogP contribution in [0.15, 0.2) is 0 Å². The highest BCUT2D eigenvalue weighted by molar-refractivity contribution is 5.71. The van der Waals surface area contributed by atoms with Gasteiger partial charge in [-0.25, -0.2) is 0 Å². The predicted octanol–water partition coefficient (Wildman–Crippen LogP) is 1.78. The van der Waals surface area contributed by atoms with Gasteiger partial charge in [0.2, 0.25) is 0 Å². The molecule has 0 amide bonds. The summed E-state index contributed by atoms with van der Waals surface area (Å²) in [6, 6.07) is 0. The summed E-state index contributed by atoms with van der Waals surface area (Å²) in [6.07, 6.45) is 1.57. The van der Waals surface area contributed by atoms with E-state index in [2.05, 4.69) is 0 Å². The van der Waals surface area contributed by atoms with Crippen LogP contribution in [0.25, 0.3) is 0 Å². The molecule has 0 aliphatic heterocycles. The number of nitrogens with two attached hydrogens (primary N) is 1. The van der Waals surface area contributed by atoms with Gasteiger partial charge in [-0.2, -0.15) is 0 Å². The summed E-state index contributed by atoms with van der Waals surface area (Å²) in [6.45, 7) is 8.96. The van der Waals surface area contributed by atoms with Crippen LogP contribution in [-0.2, 0) is 19.1 Å². The second-order valence-corrected chi connectivity index (χ2v) is 5.53. The van der Waals surface area contributed by atoms with Crippen molar-refractivity contribution in [2.24, 2.45) is 5.73 Å². The summed E-state index contributed by atoms with van der Waals surface area (Å²) in [4.78, 5) is 22.4. The van der Waals surface area contributed by atoms with Crippen LogP contribution in [0.5, 0.6) is 0 Å². The van der Waals surface area contributed by atoms with E-state index in [-0.39, 0.29) is 12.5 Å². The monoisotopic (exact) mass is 259 g/mol. The topological polar surface area (TPSA) is 78.6 Å². The number of esters is 2. The number of carbonyl (C=O) groups is 2. The lowest BCUT2D eigenvalue weighted by Gasteiger charge is -2.31. The van der Waals surface area contributed by atoms with Gasteiger partial charge in [0, 0.05) is 6.42 Å². The lowest BCUT2D eigenvalue weighted by Crippen LogP contribution is -2.35. The van der Waals surface area contributed by atoms with Crippen molar-refractivity contribution in [2.75, 3.05) is 6.54 Å². The van der Waals surface area contributed by atoms with Crippen molar-refractivity contribution in [1.29, 1.82) is 0 Å². The molecule has 0 rings (SSSR count). The van der Waals surface area contributed by atoms with Crippen molar-refractivity contribution >= 4 is 11.9 Å². The first-order valence-electron chi connectivity index (χ1n) is 6.25. The lowest BCUT2D eigenvalue weighted by molar-refractivity contribution is -0.162. The highest BCUT2D eigenvalue weighted by atomic mass is 16.6. The number of hydrogen-bond donors (Lipinski definition) is 1. The number of carbonyl (C=O) groups excluding carboxylic acids is 2. The van der Waals surface area contributed by atoms with Crippen LogP contribution >= 0.6 is 0 Å². The van der Waals surface area contributed by atoms with E-state index in [1.54, 1.807) is 6.92 Å². The van der Waals surface area contributed by atoms with Gasteiger partial charge in [-0.1, -0.05) is 6.92 Å². The van der Waals surface area contributed by atoms with Gasteiger partial charge in [0.1, 0.15) is 11.2 Å². The Morgan fingerprint density at radius 1 is 0.944 bits per heavy atom. The van der Waals surface area contributed by atoms with Crippen LogP contribution in [-0.4, -0.2) is 29.7 Å². The zero-order valence-corrected chi connectivity index (χ0v) is 12.0. The Balaban J connectivity index is 4.28. The molecule has 0 radical (unpaired) electrons. The van der Waals surface area contributed by atoms with Gasteiger partial charge in [-0.15, -0.1) is 0 Å². The fourth-order valence-corrected chi connectivity index (χ4v) is 1.43. The third kappa shape index (κ3) is 7.27. The first-order valence-corrected chi connectivity index (χ1v) is 6.25. The molecule has 0 aromatic carbocycles. The maximum absolute atomic E-state index is 11.3. The van der Waals surface area contributed by atoms with Gasteiger partial charge in [0.15, 0.2) is 0 Å². The maximum atomic E-state index is 11.3. The molecule has 106 valence electrons. The van der Waals surface area contributed by atoms with Gasteiger partial charge >= 0.3 is 11.9 Å². The molecular formula is C13H25NO4. The van der Waals surface area contributed by atoms with E-state index in [0.29, 0.717) is 19.3 Å². The Kier molecular flexibility index (Phi) is 6.32. The van der Waals surface area contributed by atoms with E-state index >= 15 is 0 Å². The molecule has 0 heterocycles. The number of hydrogen-bond acceptors (Lipinski definition) is 5. The molecule has 0 saturated heterocycles. The third-order valence-electron chi connectivity index (χ3n) is 2.56. The molecule has 5 nitrogen and oxygen atoms in total. The van der Waals surface area contributed by atoms with Gasteiger partial charge in [0.05, 0.1) is 6.54 Å². The molecule has 0 unspecified atom stereocenters. The molecule has 0 atom stereocenters. The first kappa shape index (κ1) is 16.9. The maximum Gasteiger partial charge on any atom is 0.320 e. The molecule has 0 spiro atoms. The third-order valence-corrected chi connectivity index (χ3v) is 2.56. The van der Waals surface area contributed by atoms with Gasteiger partial charge < -0.3 is 15.2 Å². The molecular weight excluding hydrogens is 234 g/mol. The van der Waals surface area contributed by atoms with Crippen molar-refractivity contribution in [3.05, 3.63) is 0 Å². The van der Waals surface area contributed by atoms with E-state index in [4.69, 9.17) is 15.2 Å². The van der Waals surface area contributed by atoms with Crippen LogP contribution < -0.4 is 5.73 Å². The minimum atomic E-state index is -0.605. The molecule has 5 heteroatoms. The quantitative estimate of drug-likeness (QED) is 0.705. The Morgan fingerprint density at radius 2 is 1.33 bits per heavy atom. The van der Waals surface area contributed by atoms with E-state index in [1.807, 2.05) is 27.7 Å². The Morgan fingerprint density at radius 3 is 1.67 bits per heavy atom. The Labute approximate surface area is 109 Å². The van der Waals surface area contributed by atoms with Crippen LogP contribution in [0.2, 0.25) is 0 Å². The largest absolute Gasteiger partial charge is 0.460 e. The second kappa shape index (κ2) is 6.73. The first-order chi connectivity index (χ1) is 8.12. The van der Waals surface area contributed by atoms with E-state index < -0.39 is 17.2 Å². The Hall–Kier alpha value is -1.10. The molecule has 0 saturated carbocycles. The molecule has 0 aliphatic rings. The van der Waals surface area contributed by atoms with E-state index in [0.717, 1.165) is 0 Å². The van der Waals surface area contributed by atoms with Gasteiger partial charge in [-0.3, -0.25) is 9.59 Å². The molecule has 0 aromatic heterocycles. The van der Waals surface area contributed by atoms with Crippen LogP contribution in [0.3, 0.4) is 0 Å². The average molecular weight is 259 g/mol. The standard InChI is InChI=1S/C13H25NO4/c1-6-10(15)17-12(2,3)7-8-13(4,5)18-11(16)9-14/h6-9,14H2,1-5H3. The van der Waals surface area contributed by atoms with Crippen LogP contribution in [0.4, 0.5) is 0 Å². The summed E-state index contributed by atoms with van der Waals surface area (Å²) in [7, 11) is 0. The fourth-order valence-electron chi connectivity index (χ4n) is 1.43. The zero-order chi connectivity index (χ0) is 14.4. The molecule has 0 fully saturated rings. The van der Waals surface area contributed by atoms with E-state index in [9.17, 15) is 9.59 Å². The highest BCUT2D eigenvalue weighted by Crippen LogP contribution is 2.25. The minimum absolute atomic E-state index is 0.127. The molecule has 0 bridgehead atoms. The van der Waals surface area contributed by atoms with Crippen molar-refractivity contribution in [3.8, 4) is 0 Å². The van der Waals surface area contributed by atoms with Crippen molar-refractivity contribution in [3.63, 3.8) is 0 Å². The summed E-state index contributed by atoms with van der Waals surface area (Å²) < 4.78 is 10.5. The van der Waals surface area contributed by atoms with Gasteiger partial charge in [-0.05, 0) is 40.5 Å². The highest BCUT2D eigenvalue weighted by Gasteiger charge is 2.29. The minimum Gasteiger partial charge on any atom is -0.460 e. The molecule has 0 aliphatic carbocycles. The average Bonchev–Trinajstić information content (AvgIpc) is 2.25. The van der Waals surface area contributed by atoms with Crippen LogP contribution in [0.1, 0.15) is 53.9 Å². The summed E-state index contributed by atoms with van der Waals surface area (Å²) in [5, 5.41) is 0. The SMILES string of the molecule is CCC(=O)OC(C)(C)CCC(C)(C)OC(=O)CN. The summed E-state index contributed by atoms with van der Waals surface area (Å²) in [5.74, 6) is -0.653. The smallest absolute Gasteiger partial charge is 0.320 e. The predicted molar refractivity (Wildman–Crippen MR) is 68.9 cm³/mol. The number of rotatable bonds is 7. The zero-order valence-electron chi connectivity index (χ0n) is 12.0. The summed E-state index contributed by atoms with van der Waals surface area (Å²) >= 11 is 0. The molecule has 0 aromatic rings. The Bertz CT molecular complexity index is 267. The number of ether oxygens (including phenoxy) is 2. The second-order valence-electron chi connectivity index (χ2n) is 5.53. The van der Waals surface area contributed by atoms with Gasteiger partial charge in [0.25, 0.3) is 0 Å². The van der Waals surface area contributed by atoms with Crippen LogP contribution in [0, 0.1) is 0 Å². The molecule has 18 heavy (non-hydrogen) atoms.